The Bertz CT molecular complexity index is 319. The fourth-order valence-corrected chi connectivity index (χ4v) is 3.07. The smallest absolute Gasteiger partial charge is 0.219 e. The molecule has 0 aliphatic carbocycles. The normalized spacial score (nSPS) is 23.1. The van der Waals surface area contributed by atoms with E-state index in [0.29, 0.717) is 6.04 Å². The largest absolute Gasteiger partial charge is 0.379 e. The number of carbonyl (C=O) groups is 1. The van der Waals surface area contributed by atoms with E-state index in [4.69, 9.17) is 4.74 Å². The van der Waals surface area contributed by atoms with Crippen molar-refractivity contribution in [1.82, 2.24) is 15.1 Å². The Morgan fingerprint density at radius 1 is 1.20 bits per heavy atom. The van der Waals surface area contributed by atoms with Crippen molar-refractivity contribution in [3.63, 3.8) is 0 Å². The lowest BCUT2D eigenvalue weighted by Crippen LogP contribution is -2.56. The third-order valence-electron chi connectivity index (χ3n) is 4.63. The Hall–Kier alpha value is -0.650. The summed E-state index contributed by atoms with van der Waals surface area (Å²) in [6.45, 7) is 12.8. The van der Waals surface area contributed by atoms with Crippen LogP contribution in [0.5, 0.6) is 0 Å². The summed E-state index contributed by atoms with van der Waals surface area (Å²) < 4.78 is 5.42. The molecule has 1 amide bonds. The standard InChI is InChI=1S/C15H29N3O2/c1-13(19)17-6-4-14(5-7-17)16-12-15(2,3)18-8-10-20-11-9-18/h14,16H,4-12H2,1-3H3. The van der Waals surface area contributed by atoms with Crippen molar-refractivity contribution in [1.29, 1.82) is 0 Å². The first-order valence-corrected chi connectivity index (χ1v) is 7.81. The lowest BCUT2D eigenvalue weighted by atomic mass is 9.99. The van der Waals surface area contributed by atoms with Crippen molar-refractivity contribution in [2.24, 2.45) is 0 Å². The molecule has 0 aromatic carbocycles. The minimum absolute atomic E-state index is 0.168. The van der Waals surface area contributed by atoms with Gasteiger partial charge in [0, 0.05) is 51.2 Å². The van der Waals surface area contributed by atoms with Crippen LogP contribution in [-0.2, 0) is 9.53 Å². The van der Waals surface area contributed by atoms with E-state index < -0.39 is 0 Å². The highest BCUT2D eigenvalue weighted by Crippen LogP contribution is 2.17. The number of hydrogen-bond donors (Lipinski definition) is 1. The highest BCUT2D eigenvalue weighted by atomic mass is 16.5. The van der Waals surface area contributed by atoms with Gasteiger partial charge in [0.25, 0.3) is 0 Å². The van der Waals surface area contributed by atoms with Crippen molar-refractivity contribution in [2.45, 2.75) is 45.2 Å². The molecule has 0 spiro atoms. The molecule has 0 aromatic heterocycles. The molecule has 0 unspecified atom stereocenters. The number of piperidine rings is 1. The predicted molar refractivity (Wildman–Crippen MR) is 79.7 cm³/mol. The Balaban J connectivity index is 1.73. The third kappa shape index (κ3) is 4.17. The summed E-state index contributed by atoms with van der Waals surface area (Å²) >= 11 is 0. The lowest BCUT2D eigenvalue weighted by molar-refractivity contribution is -0.129. The van der Waals surface area contributed by atoms with Gasteiger partial charge in [0.05, 0.1) is 13.2 Å². The molecule has 0 saturated carbocycles. The number of morpholine rings is 1. The molecule has 0 atom stereocenters. The van der Waals surface area contributed by atoms with Gasteiger partial charge in [-0.15, -0.1) is 0 Å². The average Bonchev–Trinajstić information content (AvgIpc) is 2.46. The Kier molecular flexibility index (Phi) is 5.41. The van der Waals surface area contributed by atoms with Crippen molar-refractivity contribution < 1.29 is 9.53 Å². The van der Waals surface area contributed by atoms with Crippen molar-refractivity contribution in [2.75, 3.05) is 45.9 Å². The molecule has 0 bridgehead atoms. The van der Waals surface area contributed by atoms with Gasteiger partial charge in [-0.25, -0.2) is 0 Å². The monoisotopic (exact) mass is 283 g/mol. The molecule has 2 fully saturated rings. The van der Waals surface area contributed by atoms with E-state index in [1.807, 2.05) is 4.90 Å². The Labute approximate surface area is 122 Å². The molecule has 2 aliphatic rings. The van der Waals surface area contributed by atoms with Crippen LogP contribution < -0.4 is 5.32 Å². The lowest BCUT2D eigenvalue weighted by Gasteiger charge is -2.42. The molecule has 2 heterocycles. The van der Waals surface area contributed by atoms with E-state index in [0.717, 1.165) is 58.8 Å². The second kappa shape index (κ2) is 6.87. The van der Waals surface area contributed by atoms with Gasteiger partial charge in [0.1, 0.15) is 0 Å². The fraction of sp³-hybridized carbons (Fsp3) is 0.933. The van der Waals surface area contributed by atoms with Gasteiger partial charge in [-0.3, -0.25) is 9.69 Å². The summed E-state index contributed by atoms with van der Waals surface area (Å²) in [5.41, 5.74) is 0.168. The maximum Gasteiger partial charge on any atom is 0.219 e. The number of nitrogens with zero attached hydrogens (tertiary/aromatic N) is 2. The molecule has 1 N–H and O–H groups in total. The fourth-order valence-electron chi connectivity index (χ4n) is 3.07. The first kappa shape index (κ1) is 15.7. The van der Waals surface area contributed by atoms with Crippen molar-refractivity contribution in [3.05, 3.63) is 0 Å². The average molecular weight is 283 g/mol. The number of hydrogen-bond acceptors (Lipinski definition) is 4. The van der Waals surface area contributed by atoms with Crippen molar-refractivity contribution >= 4 is 5.91 Å². The van der Waals surface area contributed by atoms with Crippen LogP contribution in [0.4, 0.5) is 0 Å². The first-order chi connectivity index (χ1) is 9.49. The molecule has 5 heteroatoms. The summed E-state index contributed by atoms with van der Waals surface area (Å²) in [4.78, 5) is 15.8. The SMILES string of the molecule is CC(=O)N1CCC(NCC(C)(C)N2CCOCC2)CC1. The topological polar surface area (TPSA) is 44.8 Å². The second-order valence-corrected chi connectivity index (χ2v) is 6.57. The van der Waals surface area contributed by atoms with Gasteiger partial charge in [-0.05, 0) is 26.7 Å². The molecule has 2 aliphatic heterocycles. The van der Waals surface area contributed by atoms with Gasteiger partial charge >= 0.3 is 0 Å². The number of ether oxygens (including phenoxy) is 1. The minimum Gasteiger partial charge on any atom is -0.379 e. The van der Waals surface area contributed by atoms with E-state index in [2.05, 4.69) is 24.1 Å². The number of amides is 1. The molecular weight excluding hydrogens is 254 g/mol. The number of rotatable bonds is 4. The maximum absolute atomic E-state index is 11.3. The molecule has 2 saturated heterocycles. The zero-order valence-corrected chi connectivity index (χ0v) is 13.2. The van der Waals surface area contributed by atoms with Crippen LogP contribution in [0, 0.1) is 0 Å². The Morgan fingerprint density at radius 2 is 1.80 bits per heavy atom. The van der Waals surface area contributed by atoms with Crippen molar-refractivity contribution in [3.8, 4) is 0 Å². The first-order valence-electron chi connectivity index (χ1n) is 7.81. The summed E-state index contributed by atoms with van der Waals surface area (Å²) in [7, 11) is 0. The van der Waals surface area contributed by atoms with E-state index in [1.54, 1.807) is 6.92 Å². The molecule has 20 heavy (non-hydrogen) atoms. The highest BCUT2D eigenvalue weighted by molar-refractivity contribution is 5.73. The van der Waals surface area contributed by atoms with E-state index >= 15 is 0 Å². The van der Waals surface area contributed by atoms with Crippen LogP contribution in [0.15, 0.2) is 0 Å². The quantitative estimate of drug-likeness (QED) is 0.825. The van der Waals surface area contributed by atoms with Crippen LogP contribution in [-0.4, -0.2) is 73.2 Å². The minimum atomic E-state index is 0.168. The zero-order valence-electron chi connectivity index (χ0n) is 13.2. The van der Waals surface area contributed by atoms with E-state index in [-0.39, 0.29) is 11.4 Å². The van der Waals surface area contributed by atoms with E-state index in [1.165, 1.54) is 0 Å². The van der Waals surface area contributed by atoms with E-state index in [9.17, 15) is 4.79 Å². The van der Waals surface area contributed by atoms with Gasteiger partial charge in [-0.1, -0.05) is 0 Å². The third-order valence-corrected chi connectivity index (χ3v) is 4.63. The van der Waals surface area contributed by atoms with Gasteiger partial charge in [0.15, 0.2) is 0 Å². The molecular formula is C15H29N3O2. The zero-order chi connectivity index (χ0) is 14.6. The molecule has 5 nitrogen and oxygen atoms in total. The Morgan fingerprint density at radius 3 is 2.35 bits per heavy atom. The van der Waals surface area contributed by atoms with Crippen LogP contribution in [0.1, 0.15) is 33.6 Å². The van der Waals surface area contributed by atoms with Crippen LogP contribution in [0.2, 0.25) is 0 Å². The molecule has 2 rings (SSSR count). The maximum atomic E-state index is 11.3. The summed E-state index contributed by atoms with van der Waals surface area (Å²) in [5.74, 6) is 0.206. The molecule has 0 radical (unpaired) electrons. The number of likely N-dealkylation sites (tertiary alicyclic amines) is 1. The van der Waals surface area contributed by atoms with Gasteiger partial charge in [-0.2, -0.15) is 0 Å². The van der Waals surface area contributed by atoms with Gasteiger partial charge in [0.2, 0.25) is 5.91 Å². The molecule has 0 aromatic rings. The summed E-state index contributed by atoms with van der Waals surface area (Å²) in [5, 5.41) is 3.70. The van der Waals surface area contributed by atoms with Gasteiger partial charge < -0.3 is 15.0 Å². The highest BCUT2D eigenvalue weighted by Gasteiger charge is 2.29. The van der Waals surface area contributed by atoms with Crippen LogP contribution in [0.25, 0.3) is 0 Å². The summed E-state index contributed by atoms with van der Waals surface area (Å²) in [6, 6.07) is 0.547. The molecule has 116 valence electrons. The predicted octanol–water partition coefficient (Wildman–Crippen LogP) is 0.698. The van der Waals surface area contributed by atoms with Crippen LogP contribution >= 0.6 is 0 Å². The summed E-state index contributed by atoms with van der Waals surface area (Å²) in [6.07, 6.45) is 2.14. The van der Waals surface area contributed by atoms with Crippen LogP contribution in [0.3, 0.4) is 0 Å². The number of carbonyl (C=O) groups excluding carboxylic acids is 1. The second-order valence-electron chi connectivity index (χ2n) is 6.57. The number of nitrogens with one attached hydrogen (secondary N) is 1.